The molecular weight excluding hydrogens is 302 g/mol. The number of piperazine rings is 1. The fraction of sp³-hybridized carbons (Fsp3) is 0.632. The van der Waals surface area contributed by atoms with Gasteiger partial charge >= 0.3 is 0 Å². The monoisotopic (exact) mass is 331 g/mol. The van der Waals surface area contributed by atoms with E-state index in [4.69, 9.17) is 4.74 Å². The lowest BCUT2D eigenvalue weighted by atomic mass is 10.0. The molecule has 0 N–H and O–H groups in total. The van der Waals surface area contributed by atoms with Crippen LogP contribution in [0.2, 0.25) is 0 Å². The Kier molecular flexibility index (Phi) is 6.24. The van der Waals surface area contributed by atoms with Crippen LogP contribution in [-0.4, -0.2) is 74.7 Å². The molecule has 2 saturated heterocycles. The summed E-state index contributed by atoms with van der Waals surface area (Å²) in [5.41, 5.74) is 1.03. The van der Waals surface area contributed by atoms with Crippen molar-refractivity contribution < 1.29 is 9.53 Å². The van der Waals surface area contributed by atoms with Crippen LogP contribution in [0.4, 0.5) is 5.69 Å². The van der Waals surface area contributed by atoms with E-state index in [1.165, 1.54) is 0 Å². The maximum atomic E-state index is 13.0. The number of methoxy groups -OCH3 is 1. The average molecular weight is 331 g/mol. The van der Waals surface area contributed by atoms with E-state index in [9.17, 15) is 4.79 Å². The lowest BCUT2D eigenvalue weighted by Gasteiger charge is -2.42. The van der Waals surface area contributed by atoms with Crippen molar-refractivity contribution in [1.29, 1.82) is 0 Å². The van der Waals surface area contributed by atoms with Gasteiger partial charge in [-0.05, 0) is 31.4 Å². The van der Waals surface area contributed by atoms with Gasteiger partial charge in [-0.3, -0.25) is 9.69 Å². The summed E-state index contributed by atoms with van der Waals surface area (Å²) >= 11 is 0. The van der Waals surface area contributed by atoms with Gasteiger partial charge in [0.15, 0.2) is 0 Å². The number of rotatable bonds is 6. The molecular formula is C19H29N3O2. The van der Waals surface area contributed by atoms with Gasteiger partial charge in [-0.2, -0.15) is 0 Å². The van der Waals surface area contributed by atoms with E-state index in [-0.39, 0.29) is 11.9 Å². The van der Waals surface area contributed by atoms with E-state index in [2.05, 4.69) is 9.80 Å². The summed E-state index contributed by atoms with van der Waals surface area (Å²) < 4.78 is 5.13. The summed E-state index contributed by atoms with van der Waals surface area (Å²) in [4.78, 5) is 19.8. The quantitative estimate of drug-likeness (QED) is 0.745. The molecule has 24 heavy (non-hydrogen) atoms. The highest BCUT2D eigenvalue weighted by Gasteiger charge is 2.35. The summed E-state index contributed by atoms with van der Waals surface area (Å²) in [6.07, 6.45) is 3.16. The van der Waals surface area contributed by atoms with E-state index in [0.717, 1.165) is 70.8 Å². The van der Waals surface area contributed by atoms with E-state index < -0.39 is 0 Å². The molecule has 0 unspecified atom stereocenters. The highest BCUT2D eigenvalue weighted by molar-refractivity contribution is 5.97. The van der Waals surface area contributed by atoms with Crippen LogP contribution in [0, 0.1) is 0 Å². The second kappa shape index (κ2) is 8.60. The Labute approximate surface area is 145 Å². The van der Waals surface area contributed by atoms with Gasteiger partial charge in [0, 0.05) is 58.7 Å². The molecule has 5 heteroatoms. The van der Waals surface area contributed by atoms with Crippen LogP contribution >= 0.6 is 0 Å². The molecule has 0 aliphatic carbocycles. The highest BCUT2D eigenvalue weighted by Crippen LogP contribution is 2.24. The number of hydrogen-bond acceptors (Lipinski definition) is 4. The predicted octanol–water partition coefficient (Wildman–Crippen LogP) is 1.84. The summed E-state index contributed by atoms with van der Waals surface area (Å²) in [5, 5.41) is 0. The first-order valence-electron chi connectivity index (χ1n) is 9.11. The Bertz CT molecular complexity index is 515. The van der Waals surface area contributed by atoms with E-state index >= 15 is 0 Å². The minimum atomic E-state index is 0.0556. The Morgan fingerprint density at radius 3 is 2.54 bits per heavy atom. The second-order valence-electron chi connectivity index (χ2n) is 6.71. The summed E-state index contributed by atoms with van der Waals surface area (Å²) in [6, 6.07) is 10.1. The van der Waals surface area contributed by atoms with Gasteiger partial charge in [0.1, 0.15) is 0 Å². The van der Waals surface area contributed by atoms with Crippen LogP contribution in [-0.2, 0) is 9.53 Å². The molecule has 2 aliphatic heterocycles. The number of para-hydroxylation sites is 1. The van der Waals surface area contributed by atoms with E-state index in [0.29, 0.717) is 0 Å². The number of piperidine rings is 1. The van der Waals surface area contributed by atoms with Gasteiger partial charge in [0.25, 0.3) is 0 Å². The summed E-state index contributed by atoms with van der Waals surface area (Å²) in [7, 11) is 1.76. The molecule has 2 heterocycles. The first-order chi connectivity index (χ1) is 11.8. The standard InChI is InChI=1S/C19H29N3O2/c1-24-16-6-10-20-12-14-21(15-13-20)18-9-5-11-22(19(18)23)17-7-3-2-4-8-17/h2-4,7-8,18H,5-6,9-16H2,1H3/t18-/m0/s1. The number of benzene rings is 1. The maximum absolute atomic E-state index is 13.0. The normalized spacial score (nSPS) is 23.6. The van der Waals surface area contributed by atoms with E-state index in [1.54, 1.807) is 7.11 Å². The van der Waals surface area contributed by atoms with E-state index in [1.807, 2.05) is 35.2 Å². The molecule has 1 aromatic carbocycles. The SMILES string of the molecule is COCCCN1CCN([C@H]2CCCN(c3ccccc3)C2=O)CC1. The number of nitrogens with zero attached hydrogens (tertiary/aromatic N) is 3. The van der Waals surface area contributed by atoms with Gasteiger partial charge in [-0.15, -0.1) is 0 Å². The van der Waals surface area contributed by atoms with Crippen LogP contribution in [0.1, 0.15) is 19.3 Å². The third kappa shape index (κ3) is 4.15. The lowest BCUT2D eigenvalue weighted by molar-refractivity contribution is -0.126. The minimum Gasteiger partial charge on any atom is -0.385 e. The van der Waals surface area contributed by atoms with Gasteiger partial charge in [-0.1, -0.05) is 18.2 Å². The molecule has 132 valence electrons. The first-order valence-corrected chi connectivity index (χ1v) is 9.11. The van der Waals surface area contributed by atoms with Crippen molar-refractivity contribution in [3.8, 4) is 0 Å². The van der Waals surface area contributed by atoms with Crippen molar-refractivity contribution >= 4 is 11.6 Å². The molecule has 2 aliphatic rings. The van der Waals surface area contributed by atoms with Crippen LogP contribution in [0.5, 0.6) is 0 Å². The number of carbonyl (C=O) groups excluding carboxylic acids is 1. The Morgan fingerprint density at radius 2 is 1.83 bits per heavy atom. The number of ether oxygens (including phenoxy) is 1. The van der Waals surface area contributed by atoms with Crippen LogP contribution in [0.25, 0.3) is 0 Å². The molecule has 1 amide bonds. The van der Waals surface area contributed by atoms with Crippen LogP contribution in [0.15, 0.2) is 30.3 Å². The molecule has 1 aromatic rings. The summed E-state index contributed by atoms with van der Waals surface area (Å²) in [5.74, 6) is 0.278. The number of hydrogen-bond donors (Lipinski definition) is 0. The molecule has 0 bridgehead atoms. The molecule has 2 fully saturated rings. The Hall–Kier alpha value is -1.43. The average Bonchev–Trinajstić information content (AvgIpc) is 2.64. The number of amides is 1. The van der Waals surface area contributed by atoms with Gasteiger partial charge in [-0.25, -0.2) is 0 Å². The smallest absolute Gasteiger partial charge is 0.244 e. The molecule has 0 aromatic heterocycles. The highest BCUT2D eigenvalue weighted by atomic mass is 16.5. The Morgan fingerprint density at radius 1 is 1.08 bits per heavy atom. The number of carbonyl (C=O) groups is 1. The minimum absolute atomic E-state index is 0.0556. The summed E-state index contributed by atoms with van der Waals surface area (Å²) in [6.45, 7) is 6.86. The predicted molar refractivity (Wildman–Crippen MR) is 96.3 cm³/mol. The molecule has 3 rings (SSSR count). The van der Waals surface area contributed by atoms with Crippen molar-refractivity contribution in [3.05, 3.63) is 30.3 Å². The van der Waals surface area contributed by atoms with Crippen molar-refractivity contribution in [2.45, 2.75) is 25.3 Å². The van der Waals surface area contributed by atoms with Crippen LogP contribution in [0.3, 0.4) is 0 Å². The molecule has 1 atom stereocenters. The van der Waals surface area contributed by atoms with Gasteiger partial charge < -0.3 is 14.5 Å². The van der Waals surface area contributed by atoms with Crippen molar-refractivity contribution in [1.82, 2.24) is 9.80 Å². The zero-order valence-corrected chi connectivity index (χ0v) is 14.7. The topological polar surface area (TPSA) is 36.0 Å². The molecule has 0 spiro atoms. The maximum Gasteiger partial charge on any atom is 0.244 e. The van der Waals surface area contributed by atoms with Crippen molar-refractivity contribution in [2.24, 2.45) is 0 Å². The Balaban J connectivity index is 1.54. The van der Waals surface area contributed by atoms with Crippen molar-refractivity contribution in [2.75, 3.05) is 57.9 Å². The molecule has 5 nitrogen and oxygen atoms in total. The second-order valence-corrected chi connectivity index (χ2v) is 6.71. The number of anilines is 1. The third-order valence-electron chi connectivity index (χ3n) is 5.15. The van der Waals surface area contributed by atoms with Gasteiger partial charge in [0.2, 0.25) is 5.91 Å². The fourth-order valence-electron chi connectivity index (χ4n) is 3.79. The lowest BCUT2D eigenvalue weighted by Crippen LogP contribution is -2.57. The fourth-order valence-corrected chi connectivity index (χ4v) is 3.79. The first kappa shape index (κ1) is 17.4. The van der Waals surface area contributed by atoms with Crippen molar-refractivity contribution in [3.63, 3.8) is 0 Å². The molecule has 0 radical (unpaired) electrons. The zero-order valence-electron chi connectivity index (χ0n) is 14.7. The zero-order chi connectivity index (χ0) is 16.8. The van der Waals surface area contributed by atoms with Crippen LogP contribution < -0.4 is 4.90 Å². The van der Waals surface area contributed by atoms with Gasteiger partial charge in [0.05, 0.1) is 6.04 Å². The third-order valence-corrected chi connectivity index (χ3v) is 5.15. The largest absolute Gasteiger partial charge is 0.385 e. The molecule has 0 saturated carbocycles.